The fourth-order valence-corrected chi connectivity index (χ4v) is 8.77. The Kier molecular flexibility index (Phi) is 10.5. The number of hydrogen-bond donors (Lipinski definition) is 2. The van der Waals surface area contributed by atoms with Crippen LogP contribution in [0.5, 0.6) is 0 Å². The minimum absolute atomic E-state index is 0.123. The maximum absolute atomic E-state index is 15.3. The molecule has 2 saturated heterocycles. The van der Waals surface area contributed by atoms with Gasteiger partial charge in [0, 0.05) is 18.5 Å². The van der Waals surface area contributed by atoms with Gasteiger partial charge < -0.3 is 29.7 Å². The van der Waals surface area contributed by atoms with Crippen LogP contribution in [0.4, 0.5) is 0 Å². The minimum atomic E-state index is -1.41. The number of benzene rings is 1. The Labute approximate surface area is 291 Å². The molecule has 10 nitrogen and oxygen atoms in total. The van der Waals surface area contributed by atoms with Gasteiger partial charge in [0.2, 0.25) is 17.7 Å². The lowest BCUT2D eigenvalue weighted by molar-refractivity contribution is -0.162. The van der Waals surface area contributed by atoms with Crippen LogP contribution in [-0.2, 0) is 28.7 Å². The lowest BCUT2D eigenvalue weighted by Crippen LogP contribution is -2.62. The lowest BCUT2D eigenvalue weighted by Gasteiger charge is -2.46. The van der Waals surface area contributed by atoms with Crippen molar-refractivity contribution in [2.24, 2.45) is 23.2 Å². The molecule has 0 radical (unpaired) electrons. The van der Waals surface area contributed by atoms with E-state index in [2.05, 4.69) is 26.1 Å². The molecule has 4 heterocycles. The summed E-state index contributed by atoms with van der Waals surface area (Å²) >= 11 is 0. The van der Waals surface area contributed by atoms with Crippen LogP contribution >= 0.6 is 0 Å². The number of hydrogen-bond acceptors (Lipinski definition) is 7. The van der Waals surface area contributed by atoms with E-state index in [-0.39, 0.29) is 42.7 Å². The molecule has 1 aromatic carbocycles. The molecule has 0 saturated carbocycles. The Morgan fingerprint density at radius 1 is 1.02 bits per heavy atom. The zero-order valence-corrected chi connectivity index (χ0v) is 30.3. The molecule has 4 aliphatic rings. The summed E-state index contributed by atoms with van der Waals surface area (Å²) in [7, 11) is 0. The van der Waals surface area contributed by atoms with Crippen LogP contribution in [0.2, 0.25) is 0 Å². The summed E-state index contributed by atoms with van der Waals surface area (Å²) < 4.78 is 12.9. The smallest absolute Gasteiger partial charge is 0.313 e. The number of esters is 1. The van der Waals surface area contributed by atoms with Crippen molar-refractivity contribution in [2.45, 2.75) is 123 Å². The van der Waals surface area contributed by atoms with Crippen LogP contribution < -0.4 is 5.32 Å². The van der Waals surface area contributed by atoms with Crippen molar-refractivity contribution >= 4 is 23.7 Å². The first-order valence-electron chi connectivity index (χ1n) is 17.8. The second kappa shape index (κ2) is 14.0. The number of aliphatic hydroxyl groups is 1. The Hall–Kier alpha value is -3.50. The topological polar surface area (TPSA) is 125 Å². The van der Waals surface area contributed by atoms with Crippen LogP contribution in [0.1, 0.15) is 92.7 Å². The molecule has 1 aromatic rings. The number of nitrogens with one attached hydrogen (secondary N) is 1. The van der Waals surface area contributed by atoms with E-state index in [1.165, 1.54) is 4.90 Å². The van der Waals surface area contributed by atoms with E-state index < -0.39 is 65.2 Å². The number of fused-ring (bicyclic) bond motifs is 2. The highest BCUT2D eigenvalue weighted by molar-refractivity contribution is 5.99. The van der Waals surface area contributed by atoms with Crippen LogP contribution in [-0.4, -0.2) is 87.1 Å². The van der Waals surface area contributed by atoms with Crippen molar-refractivity contribution < 1.29 is 33.8 Å². The van der Waals surface area contributed by atoms with Crippen LogP contribution in [0.25, 0.3) is 0 Å². The molecule has 0 aromatic heterocycles. The average molecular weight is 678 g/mol. The molecule has 2 N–H and O–H groups in total. The number of carbonyl (C=O) groups is 4. The second-order valence-corrected chi connectivity index (χ2v) is 16.5. The molecule has 8 atom stereocenters. The molecule has 268 valence electrons. The summed E-state index contributed by atoms with van der Waals surface area (Å²) in [6.07, 6.45) is 7.61. The fraction of sp³-hybridized carbons (Fsp3) is 0.641. The molecule has 5 bridgehead atoms. The van der Waals surface area contributed by atoms with E-state index in [4.69, 9.17) is 9.47 Å². The summed E-state index contributed by atoms with van der Waals surface area (Å²) in [6.45, 7) is 16.2. The normalized spacial score (nSPS) is 32.4. The Balaban J connectivity index is 1.65. The summed E-state index contributed by atoms with van der Waals surface area (Å²) in [6, 6.07) is 6.91. The third-order valence-electron chi connectivity index (χ3n) is 10.3. The predicted octanol–water partition coefficient (Wildman–Crippen LogP) is 4.73. The van der Waals surface area contributed by atoms with E-state index in [1.54, 1.807) is 19.1 Å². The number of allylic oxidation sites excluding steroid dienone is 1. The monoisotopic (exact) mass is 677 g/mol. The van der Waals surface area contributed by atoms with E-state index in [0.29, 0.717) is 24.8 Å². The first kappa shape index (κ1) is 36.8. The zero-order chi connectivity index (χ0) is 35.9. The highest BCUT2D eigenvalue weighted by Gasteiger charge is 2.74. The van der Waals surface area contributed by atoms with Gasteiger partial charge in [-0.2, -0.15) is 0 Å². The average Bonchev–Trinajstić information content (AvgIpc) is 3.66. The second-order valence-electron chi connectivity index (χ2n) is 16.5. The van der Waals surface area contributed by atoms with Crippen molar-refractivity contribution in [2.75, 3.05) is 13.2 Å². The SMILES string of the molecule is CC(C)C[C@H](CO)N1C(=O)[C@H]2[C@@H]3C(=O)O[C@H](c4ccccc4)[C@@H](C)NC(=O)CC/C=C\CN(C(C)(C)CC(C)(C)C)C(=O)[C@H]1[C@@]21C=C[C@@H]3O1. The van der Waals surface area contributed by atoms with Gasteiger partial charge in [0.05, 0.1) is 30.7 Å². The quantitative estimate of drug-likeness (QED) is 0.316. The maximum atomic E-state index is 15.3. The van der Waals surface area contributed by atoms with Crippen molar-refractivity contribution in [3.05, 3.63) is 60.2 Å². The largest absolute Gasteiger partial charge is 0.455 e. The number of aliphatic hydroxyl groups excluding tert-OH is 1. The van der Waals surface area contributed by atoms with Crippen molar-refractivity contribution in [3.63, 3.8) is 0 Å². The summed E-state index contributed by atoms with van der Waals surface area (Å²) in [5.41, 5.74) is -1.48. The minimum Gasteiger partial charge on any atom is -0.455 e. The number of rotatable bonds is 7. The fourth-order valence-electron chi connectivity index (χ4n) is 8.77. The lowest BCUT2D eigenvalue weighted by atomic mass is 9.74. The van der Waals surface area contributed by atoms with Crippen molar-refractivity contribution in [1.29, 1.82) is 0 Å². The molecule has 10 heteroatoms. The Morgan fingerprint density at radius 2 is 1.71 bits per heavy atom. The number of amides is 3. The van der Waals surface area contributed by atoms with Gasteiger partial charge in [-0.1, -0.05) is 89.3 Å². The van der Waals surface area contributed by atoms with Gasteiger partial charge in [0.15, 0.2) is 0 Å². The Morgan fingerprint density at radius 3 is 2.35 bits per heavy atom. The van der Waals surface area contributed by atoms with E-state index in [0.717, 1.165) is 0 Å². The molecule has 3 amide bonds. The van der Waals surface area contributed by atoms with Crippen LogP contribution in [0.15, 0.2) is 54.6 Å². The standard InChI is InChI=1S/C39H55N3O7/c1-24(2)21-27(22-43)42-33-35(46)41(38(7,8)23-37(4,5)6)20-14-10-13-17-29(44)40-25(3)32(26-15-11-9-12-16-26)48-36(47)30-28-18-19-39(33,49-28)31(30)34(42)45/h9-12,14-16,18-19,24-25,27-28,30-33,43H,13,17,20-23H2,1-8H3,(H,40,44)/b14-10-/t25-,27-,28+,30-,31-,32+,33+,39-/m1/s1. The molecule has 1 spiro atoms. The molecule has 4 aliphatic heterocycles. The zero-order valence-electron chi connectivity index (χ0n) is 30.3. The maximum Gasteiger partial charge on any atom is 0.313 e. The van der Waals surface area contributed by atoms with E-state index >= 15 is 4.79 Å². The van der Waals surface area contributed by atoms with Gasteiger partial charge in [0.1, 0.15) is 23.7 Å². The third kappa shape index (κ3) is 7.22. The predicted molar refractivity (Wildman–Crippen MR) is 186 cm³/mol. The first-order chi connectivity index (χ1) is 23.0. The van der Waals surface area contributed by atoms with Crippen molar-refractivity contribution in [1.82, 2.24) is 15.1 Å². The van der Waals surface area contributed by atoms with Gasteiger partial charge in [-0.3, -0.25) is 19.2 Å². The van der Waals surface area contributed by atoms with Gasteiger partial charge in [-0.05, 0) is 56.9 Å². The number of ether oxygens (including phenoxy) is 2. The first-order valence-corrected chi connectivity index (χ1v) is 17.8. The summed E-state index contributed by atoms with van der Waals surface area (Å²) in [5.74, 6) is -3.42. The number of cyclic esters (lactones) is 1. The Bertz CT molecular complexity index is 1460. The number of likely N-dealkylation sites (tertiary alicyclic amines) is 1. The van der Waals surface area contributed by atoms with Gasteiger partial charge in [-0.15, -0.1) is 0 Å². The van der Waals surface area contributed by atoms with E-state index in [1.807, 2.05) is 75.1 Å². The summed E-state index contributed by atoms with van der Waals surface area (Å²) in [5, 5.41) is 13.7. The summed E-state index contributed by atoms with van der Waals surface area (Å²) in [4.78, 5) is 60.8. The van der Waals surface area contributed by atoms with E-state index in [9.17, 15) is 19.5 Å². The number of nitrogens with zero attached hydrogens (tertiary/aromatic N) is 2. The van der Waals surface area contributed by atoms with Gasteiger partial charge >= 0.3 is 5.97 Å². The molecule has 0 unspecified atom stereocenters. The van der Waals surface area contributed by atoms with Crippen LogP contribution in [0.3, 0.4) is 0 Å². The molecule has 2 fully saturated rings. The molecular weight excluding hydrogens is 622 g/mol. The third-order valence-corrected chi connectivity index (χ3v) is 10.3. The van der Waals surface area contributed by atoms with Gasteiger partial charge in [0.25, 0.3) is 0 Å². The number of carbonyl (C=O) groups excluding carboxylic acids is 4. The van der Waals surface area contributed by atoms with Gasteiger partial charge in [-0.25, -0.2) is 0 Å². The van der Waals surface area contributed by atoms with Crippen molar-refractivity contribution in [3.8, 4) is 0 Å². The molecule has 0 aliphatic carbocycles. The van der Waals surface area contributed by atoms with Crippen LogP contribution in [0, 0.1) is 23.2 Å². The highest BCUT2D eigenvalue weighted by atomic mass is 16.6. The highest BCUT2D eigenvalue weighted by Crippen LogP contribution is 2.57. The molecule has 5 rings (SSSR count). The molecular formula is C39H55N3O7. The molecule has 49 heavy (non-hydrogen) atoms.